The fraction of sp³-hybridized carbons (Fsp3) is 0.714. The quantitative estimate of drug-likeness (QED) is 0.526. The van der Waals surface area contributed by atoms with Gasteiger partial charge in [0, 0.05) is 24.0 Å². The summed E-state index contributed by atoms with van der Waals surface area (Å²) in [6, 6.07) is 2.30. The van der Waals surface area contributed by atoms with Gasteiger partial charge in [0.25, 0.3) is 0 Å². The summed E-state index contributed by atoms with van der Waals surface area (Å²) in [5.74, 6) is 7.56. The lowest BCUT2D eigenvalue weighted by Crippen LogP contribution is -2.34. The summed E-state index contributed by atoms with van der Waals surface area (Å²) in [7, 11) is 0. The number of nitrogen functional groups attached to an aromatic ring is 1. The number of nitrogens with zero attached hydrogens (tertiary/aromatic N) is 2. The zero-order chi connectivity index (χ0) is 15.1. The van der Waals surface area contributed by atoms with Crippen LogP contribution >= 0.6 is 11.8 Å². The van der Waals surface area contributed by atoms with E-state index in [2.05, 4.69) is 27.0 Å². The van der Waals surface area contributed by atoms with Crippen LogP contribution in [0.4, 0.5) is 11.6 Å². The average Bonchev–Trinajstić information content (AvgIpc) is 2.53. The van der Waals surface area contributed by atoms with Gasteiger partial charge in [-0.05, 0) is 26.0 Å². The van der Waals surface area contributed by atoms with Crippen molar-refractivity contribution in [2.75, 3.05) is 23.6 Å². The summed E-state index contributed by atoms with van der Waals surface area (Å²) in [5.41, 5.74) is 2.59. The fourth-order valence-electron chi connectivity index (χ4n) is 2.64. The zero-order valence-corrected chi connectivity index (χ0v) is 13.6. The number of nitrogens with two attached hydrogens (primary N) is 1. The highest BCUT2D eigenvalue weighted by Gasteiger charge is 2.24. The smallest absolute Gasteiger partial charge is 0.158 e. The summed E-state index contributed by atoms with van der Waals surface area (Å²) in [5, 5.41) is 4.19. The lowest BCUT2D eigenvalue weighted by molar-refractivity contribution is 0.128. The SMILES string of the molecule is CCOCc1nc(NN)cc(NC2CCCCC2SC)n1. The van der Waals surface area contributed by atoms with E-state index in [0.717, 1.165) is 5.82 Å². The van der Waals surface area contributed by atoms with Gasteiger partial charge in [0.15, 0.2) is 5.82 Å². The van der Waals surface area contributed by atoms with Crippen LogP contribution in [0.3, 0.4) is 0 Å². The van der Waals surface area contributed by atoms with Crippen LogP contribution in [0.1, 0.15) is 38.4 Å². The van der Waals surface area contributed by atoms with Crippen LogP contribution in [0, 0.1) is 0 Å². The molecule has 2 unspecified atom stereocenters. The van der Waals surface area contributed by atoms with Crippen LogP contribution < -0.4 is 16.6 Å². The highest BCUT2D eigenvalue weighted by Crippen LogP contribution is 2.29. The number of aromatic nitrogens is 2. The predicted octanol–water partition coefficient (Wildman–Crippen LogP) is 2.38. The molecule has 1 aromatic rings. The van der Waals surface area contributed by atoms with Gasteiger partial charge in [0.2, 0.25) is 0 Å². The first kappa shape index (κ1) is 16.3. The molecule has 1 aliphatic rings. The van der Waals surface area contributed by atoms with Crippen LogP contribution in [0.5, 0.6) is 0 Å². The second kappa shape index (κ2) is 8.41. The molecule has 4 N–H and O–H groups in total. The predicted molar refractivity (Wildman–Crippen MR) is 88.4 cm³/mol. The Hall–Kier alpha value is -1.05. The number of hydrogen-bond donors (Lipinski definition) is 3. The molecule has 2 atom stereocenters. The van der Waals surface area contributed by atoms with Crippen LogP contribution in [0.25, 0.3) is 0 Å². The van der Waals surface area contributed by atoms with Gasteiger partial charge in [-0.25, -0.2) is 15.8 Å². The van der Waals surface area contributed by atoms with Crippen LogP contribution in [0.15, 0.2) is 6.07 Å². The lowest BCUT2D eigenvalue weighted by Gasteiger charge is -2.31. The van der Waals surface area contributed by atoms with E-state index in [4.69, 9.17) is 10.6 Å². The molecule has 1 aromatic heterocycles. The minimum absolute atomic E-state index is 0.400. The first-order valence-electron chi connectivity index (χ1n) is 7.48. The Labute approximate surface area is 130 Å². The monoisotopic (exact) mass is 311 g/mol. The van der Waals surface area contributed by atoms with Gasteiger partial charge in [0.05, 0.1) is 0 Å². The third kappa shape index (κ3) is 4.72. The molecule has 0 spiro atoms. The molecule has 0 radical (unpaired) electrons. The molecule has 1 heterocycles. The van der Waals surface area contributed by atoms with E-state index in [0.29, 0.717) is 36.1 Å². The van der Waals surface area contributed by atoms with Gasteiger partial charge in [0.1, 0.15) is 18.2 Å². The van der Waals surface area contributed by atoms with Crippen molar-refractivity contribution >= 4 is 23.4 Å². The number of hydrazine groups is 1. The third-order valence-corrected chi connectivity index (χ3v) is 4.86. The Bertz CT molecular complexity index is 445. The van der Waals surface area contributed by atoms with E-state index in [1.54, 1.807) is 0 Å². The fourth-order valence-corrected chi connectivity index (χ4v) is 3.57. The van der Waals surface area contributed by atoms with Crippen molar-refractivity contribution in [3.05, 3.63) is 11.9 Å². The van der Waals surface area contributed by atoms with E-state index in [1.165, 1.54) is 25.7 Å². The molecular weight excluding hydrogens is 286 g/mol. The maximum atomic E-state index is 5.49. The standard InChI is InChI=1S/C14H25N5OS/c1-3-20-9-14-17-12(8-13(18-14)19-15)16-10-6-4-5-7-11(10)21-2/h8,10-11H,3-7,9,15H2,1-2H3,(H2,16,17,18,19). The lowest BCUT2D eigenvalue weighted by atomic mass is 9.95. The van der Waals surface area contributed by atoms with Crippen molar-refractivity contribution in [3.63, 3.8) is 0 Å². The molecule has 2 rings (SSSR count). The van der Waals surface area contributed by atoms with Gasteiger partial charge < -0.3 is 15.5 Å². The third-order valence-electron chi connectivity index (χ3n) is 3.69. The largest absolute Gasteiger partial charge is 0.374 e. The molecule has 0 aliphatic heterocycles. The van der Waals surface area contributed by atoms with Crippen molar-refractivity contribution in [1.29, 1.82) is 0 Å². The summed E-state index contributed by atoms with van der Waals surface area (Å²) in [6.45, 7) is 3.00. The minimum atomic E-state index is 0.400. The van der Waals surface area contributed by atoms with E-state index in [9.17, 15) is 0 Å². The normalized spacial score (nSPS) is 22.0. The summed E-state index contributed by atoms with van der Waals surface area (Å²) in [6.07, 6.45) is 7.21. The first-order valence-corrected chi connectivity index (χ1v) is 8.77. The summed E-state index contributed by atoms with van der Waals surface area (Å²) < 4.78 is 5.38. The Balaban J connectivity index is 2.10. The molecule has 1 fully saturated rings. The molecule has 21 heavy (non-hydrogen) atoms. The number of rotatable bonds is 7. The van der Waals surface area contributed by atoms with Crippen molar-refractivity contribution in [2.45, 2.75) is 50.5 Å². The van der Waals surface area contributed by atoms with E-state index in [-0.39, 0.29) is 0 Å². The van der Waals surface area contributed by atoms with Gasteiger partial charge in [-0.1, -0.05) is 12.8 Å². The number of thioether (sulfide) groups is 1. The molecule has 0 aromatic carbocycles. The minimum Gasteiger partial charge on any atom is -0.374 e. The van der Waals surface area contributed by atoms with Gasteiger partial charge in [-0.3, -0.25) is 0 Å². The van der Waals surface area contributed by atoms with Gasteiger partial charge in [-0.15, -0.1) is 0 Å². The molecule has 1 saturated carbocycles. The second-order valence-corrected chi connectivity index (χ2v) is 6.22. The second-order valence-electron chi connectivity index (χ2n) is 5.15. The molecule has 0 bridgehead atoms. The zero-order valence-electron chi connectivity index (χ0n) is 12.8. The van der Waals surface area contributed by atoms with Gasteiger partial charge in [-0.2, -0.15) is 11.8 Å². The number of hydrogen-bond acceptors (Lipinski definition) is 7. The maximum Gasteiger partial charge on any atom is 0.158 e. The van der Waals surface area contributed by atoms with Crippen LogP contribution in [0.2, 0.25) is 0 Å². The molecule has 6 nitrogen and oxygen atoms in total. The Kier molecular flexibility index (Phi) is 6.53. The molecular formula is C14H25N5OS. The number of ether oxygens (including phenoxy) is 1. The van der Waals surface area contributed by atoms with Crippen molar-refractivity contribution in [2.24, 2.45) is 5.84 Å². The highest BCUT2D eigenvalue weighted by molar-refractivity contribution is 7.99. The van der Waals surface area contributed by atoms with Crippen LogP contribution in [-0.2, 0) is 11.3 Å². The Morgan fingerprint density at radius 1 is 1.33 bits per heavy atom. The average molecular weight is 311 g/mol. The van der Waals surface area contributed by atoms with Crippen LogP contribution in [-0.4, -0.2) is 34.1 Å². The number of anilines is 2. The van der Waals surface area contributed by atoms with E-state index in [1.807, 2.05) is 24.8 Å². The number of nitrogens with one attached hydrogen (secondary N) is 2. The Morgan fingerprint density at radius 2 is 2.10 bits per heavy atom. The highest BCUT2D eigenvalue weighted by atomic mass is 32.2. The summed E-state index contributed by atoms with van der Waals surface area (Å²) >= 11 is 1.93. The maximum absolute atomic E-state index is 5.49. The molecule has 0 saturated heterocycles. The Morgan fingerprint density at radius 3 is 2.81 bits per heavy atom. The molecule has 7 heteroatoms. The van der Waals surface area contributed by atoms with Crippen molar-refractivity contribution in [3.8, 4) is 0 Å². The molecule has 0 amide bonds. The molecule has 1 aliphatic carbocycles. The summed E-state index contributed by atoms with van der Waals surface area (Å²) in [4.78, 5) is 8.83. The van der Waals surface area contributed by atoms with E-state index < -0.39 is 0 Å². The van der Waals surface area contributed by atoms with Gasteiger partial charge >= 0.3 is 0 Å². The topological polar surface area (TPSA) is 85.1 Å². The van der Waals surface area contributed by atoms with Crippen molar-refractivity contribution in [1.82, 2.24) is 9.97 Å². The molecule has 118 valence electrons. The first-order chi connectivity index (χ1) is 10.3. The van der Waals surface area contributed by atoms with E-state index >= 15 is 0 Å². The van der Waals surface area contributed by atoms with Crippen molar-refractivity contribution < 1.29 is 4.74 Å².